The first-order valence-electron chi connectivity index (χ1n) is 3.67. The van der Waals surface area contributed by atoms with Crippen LogP contribution in [0.15, 0.2) is 0 Å². The molecular weight excluding hydrogens is 114 g/mol. The zero-order valence-electron chi connectivity index (χ0n) is 5.47. The lowest BCUT2D eigenvalue weighted by atomic mass is 10.2. The van der Waals surface area contributed by atoms with Gasteiger partial charge in [-0.1, -0.05) is 6.42 Å². The fraction of sp³-hybridized carbons (Fsp3) is 0.857. The summed E-state index contributed by atoms with van der Waals surface area (Å²) in [5.74, 6) is 0.387. The van der Waals surface area contributed by atoms with Gasteiger partial charge >= 0.3 is 0 Å². The van der Waals surface area contributed by atoms with Crippen molar-refractivity contribution in [2.45, 2.75) is 31.7 Å². The zero-order chi connectivity index (χ0) is 6.27. The van der Waals surface area contributed by atoms with Crippen molar-refractivity contribution in [2.24, 2.45) is 0 Å². The van der Waals surface area contributed by atoms with Crippen molar-refractivity contribution >= 4 is 5.91 Å². The monoisotopic (exact) mass is 125 g/mol. The smallest absolute Gasteiger partial charge is 0.222 e. The van der Waals surface area contributed by atoms with Crippen molar-refractivity contribution in [3.05, 3.63) is 0 Å². The number of hydrogen-bond donors (Lipinski definition) is 0. The Bertz CT molecular complexity index is 144. The molecule has 0 radical (unpaired) electrons. The molecule has 2 heterocycles. The third kappa shape index (κ3) is 0.824. The van der Waals surface area contributed by atoms with E-state index in [2.05, 4.69) is 0 Å². The van der Waals surface area contributed by atoms with Crippen molar-refractivity contribution in [1.82, 2.24) is 4.90 Å². The summed E-state index contributed by atoms with van der Waals surface area (Å²) in [5.41, 5.74) is 0. The third-order valence-corrected chi connectivity index (χ3v) is 2.21. The normalized spacial score (nSPS) is 33.6. The zero-order valence-corrected chi connectivity index (χ0v) is 5.47. The summed E-state index contributed by atoms with van der Waals surface area (Å²) in [4.78, 5) is 13.0. The summed E-state index contributed by atoms with van der Waals surface area (Å²) >= 11 is 0. The molecule has 2 rings (SSSR count). The molecule has 2 nitrogen and oxygen atoms in total. The van der Waals surface area contributed by atoms with Gasteiger partial charge in [-0.15, -0.1) is 0 Å². The van der Waals surface area contributed by atoms with Gasteiger partial charge in [0, 0.05) is 19.0 Å². The fourth-order valence-electron chi connectivity index (χ4n) is 1.53. The Labute approximate surface area is 54.8 Å². The molecule has 1 unspecified atom stereocenters. The van der Waals surface area contributed by atoms with Gasteiger partial charge in [-0.25, -0.2) is 0 Å². The van der Waals surface area contributed by atoms with Crippen LogP contribution in [0, 0.1) is 0 Å². The highest BCUT2D eigenvalue weighted by atomic mass is 16.2. The summed E-state index contributed by atoms with van der Waals surface area (Å²) in [6.45, 7) is 1.05. The van der Waals surface area contributed by atoms with Crippen LogP contribution in [0.3, 0.4) is 0 Å². The first-order valence-corrected chi connectivity index (χ1v) is 3.67. The average molecular weight is 125 g/mol. The number of nitrogens with zero attached hydrogens (tertiary/aromatic N) is 1. The van der Waals surface area contributed by atoms with Crippen LogP contribution in [0.5, 0.6) is 0 Å². The molecule has 1 atom stereocenters. The molecule has 0 saturated carbocycles. The van der Waals surface area contributed by atoms with Crippen LogP contribution in [0.1, 0.15) is 25.7 Å². The summed E-state index contributed by atoms with van der Waals surface area (Å²) in [6, 6.07) is 0.653. The van der Waals surface area contributed by atoms with Crippen LogP contribution in [-0.4, -0.2) is 23.4 Å². The minimum Gasteiger partial charge on any atom is -0.336 e. The highest BCUT2D eigenvalue weighted by Crippen LogP contribution is 2.28. The lowest BCUT2D eigenvalue weighted by molar-refractivity contribution is -0.125. The van der Waals surface area contributed by atoms with Gasteiger partial charge in [0.2, 0.25) is 5.91 Å². The predicted molar refractivity (Wildman–Crippen MR) is 34.0 cm³/mol. The summed E-state index contributed by atoms with van der Waals surface area (Å²) < 4.78 is 0. The highest BCUT2D eigenvalue weighted by Gasteiger charge is 2.38. The van der Waals surface area contributed by atoms with Crippen molar-refractivity contribution in [1.29, 1.82) is 0 Å². The molecule has 0 bridgehead atoms. The Hall–Kier alpha value is -0.530. The van der Waals surface area contributed by atoms with Gasteiger partial charge in [-0.3, -0.25) is 4.79 Å². The predicted octanol–water partition coefficient (Wildman–Crippen LogP) is 0.771. The van der Waals surface area contributed by atoms with Gasteiger partial charge in [0.15, 0.2) is 0 Å². The third-order valence-electron chi connectivity index (χ3n) is 2.21. The Morgan fingerprint density at radius 3 is 3.22 bits per heavy atom. The Balaban J connectivity index is 2.03. The van der Waals surface area contributed by atoms with Crippen molar-refractivity contribution in [3.8, 4) is 0 Å². The lowest BCUT2D eigenvalue weighted by Crippen LogP contribution is -2.09. The van der Waals surface area contributed by atoms with E-state index in [9.17, 15) is 4.79 Å². The SMILES string of the molecule is O=C1CCCCC2CN12. The van der Waals surface area contributed by atoms with Crippen LogP contribution >= 0.6 is 0 Å². The maximum Gasteiger partial charge on any atom is 0.222 e. The molecular formula is C7H11NO. The van der Waals surface area contributed by atoms with E-state index in [0.29, 0.717) is 11.9 Å². The largest absolute Gasteiger partial charge is 0.336 e. The molecule has 2 saturated heterocycles. The van der Waals surface area contributed by atoms with E-state index in [-0.39, 0.29) is 0 Å². The van der Waals surface area contributed by atoms with Gasteiger partial charge in [-0.2, -0.15) is 0 Å². The van der Waals surface area contributed by atoms with Crippen molar-refractivity contribution in [3.63, 3.8) is 0 Å². The molecule has 2 aliphatic heterocycles. The van der Waals surface area contributed by atoms with E-state index >= 15 is 0 Å². The fourth-order valence-corrected chi connectivity index (χ4v) is 1.53. The first kappa shape index (κ1) is 5.27. The maximum absolute atomic E-state index is 11.0. The highest BCUT2D eigenvalue weighted by molar-refractivity contribution is 5.79. The van der Waals surface area contributed by atoms with Gasteiger partial charge in [0.25, 0.3) is 0 Å². The van der Waals surface area contributed by atoms with Crippen molar-refractivity contribution < 1.29 is 4.79 Å². The van der Waals surface area contributed by atoms with Gasteiger partial charge in [-0.05, 0) is 12.8 Å². The van der Waals surface area contributed by atoms with Gasteiger partial charge in [0.05, 0.1) is 0 Å². The van der Waals surface area contributed by atoms with Crippen LogP contribution in [0.2, 0.25) is 0 Å². The van der Waals surface area contributed by atoms with Gasteiger partial charge in [0.1, 0.15) is 0 Å². The topological polar surface area (TPSA) is 20.1 Å². The van der Waals surface area contributed by atoms with Crippen molar-refractivity contribution in [2.75, 3.05) is 6.54 Å². The molecule has 0 aromatic carbocycles. The van der Waals surface area contributed by atoms with E-state index < -0.39 is 0 Å². The Morgan fingerprint density at radius 1 is 1.44 bits per heavy atom. The van der Waals surface area contributed by atoms with E-state index in [4.69, 9.17) is 0 Å². The molecule has 2 heteroatoms. The van der Waals surface area contributed by atoms with Crippen LogP contribution < -0.4 is 0 Å². The second-order valence-corrected chi connectivity index (χ2v) is 2.95. The molecule has 50 valence electrons. The number of hydrogen-bond acceptors (Lipinski definition) is 1. The first-order chi connectivity index (χ1) is 4.38. The van der Waals surface area contributed by atoms with Crippen LogP contribution in [0.4, 0.5) is 0 Å². The molecule has 2 fully saturated rings. The van der Waals surface area contributed by atoms with Gasteiger partial charge < -0.3 is 4.90 Å². The average Bonchev–Trinajstić information content (AvgIpc) is 2.55. The molecule has 9 heavy (non-hydrogen) atoms. The number of carbonyl (C=O) groups excluding carboxylic acids is 1. The minimum absolute atomic E-state index is 0.387. The molecule has 0 aliphatic carbocycles. The lowest BCUT2D eigenvalue weighted by Gasteiger charge is -1.95. The second-order valence-electron chi connectivity index (χ2n) is 2.95. The Morgan fingerprint density at radius 2 is 2.33 bits per heavy atom. The Kier molecular flexibility index (Phi) is 1.01. The minimum atomic E-state index is 0.387. The molecule has 0 aromatic rings. The van der Waals surface area contributed by atoms with E-state index in [1.165, 1.54) is 12.8 Å². The molecule has 0 aromatic heterocycles. The molecule has 0 spiro atoms. The number of fused-ring (bicyclic) bond motifs is 1. The van der Waals surface area contributed by atoms with Crippen LogP contribution in [-0.2, 0) is 4.79 Å². The number of rotatable bonds is 0. The summed E-state index contributed by atoms with van der Waals surface area (Å²) in [6.07, 6.45) is 4.43. The number of carbonyl (C=O) groups is 1. The molecule has 1 amide bonds. The quantitative estimate of drug-likeness (QED) is 0.438. The van der Waals surface area contributed by atoms with E-state index in [0.717, 1.165) is 19.4 Å². The second kappa shape index (κ2) is 1.72. The maximum atomic E-state index is 11.0. The molecule has 2 aliphatic rings. The van der Waals surface area contributed by atoms with E-state index in [1.807, 2.05) is 4.90 Å². The van der Waals surface area contributed by atoms with Crippen LogP contribution in [0.25, 0.3) is 0 Å². The summed E-state index contributed by atoms with van der Waals surface area (Å²) in [5, 5.41) is 0. The summed E-state index contributed by atoms with van der Waals surface area (Å²) in [7, 11) is 0. The number of amides is 1. The standard InChI is InChI=1S/C7H11NO/c9-7-4-2-1-3-6-5-8(6)7/h6H,1-5H2. The molecule has 0 N–H and O–H groups in total. The van der Waals surface area contributed by atoms with E-state index in [1.54, 1.807) is 0 Å².